The van der Waals surface area contributed by atoms with Crippen LogP contribution in [0.4, 0.5) is 0 Å². The first-order valence-electron chi connectivity index (χ1n) is 6.90. The molecule has 0 fully saturated rings. The van der Waals surface area contributed by atoms with Crippen LogP contribution in [0.15, 0.2) is 36.4 Å². The predicted molar refractivity (Wildman–Crippen MR) is 85.5 cm³/mol. The van der Waals surface area contributed by atoms with E-state index in [2.05, 4.69) is 6.07 Å². The minimum atomic E-state index is -0.942. The summed E-state index contributed by atoms with van der Waals surface area (Å²) in [6, 6.07) is 13.6. The molecule has 0 aliphatic heterocycles. The van der Waals surface area contributed by atoms with Crippen molar-refractivity contribution < 1.29 is 9.76 Å². The van der Waals surface area contributed by atoms with E-state index in [1.807, 2.05) is 44.2 Å². The van der Waals surface area contributed by atoms with Crippen LogP contribution in [-0.2, 0) is 4.65 Å². The third-order valence-electron chi connectivity index (χ3n) is 3.96. The van der Waals surface area contributed by atoms with Crippen molar-refractivity contribution in [3.8, 4) is 6.07 Å². The summed E-state index contributed by atoms with van der Waals surface area (Å²) < 4.78 is 5.75. The molecule has 0 saturated carbocycles. The van der Waals surface area contributed by atoms with E-state index < -0.39 is 11.2 Å². The molecule has 1 N–H and O–H groups in total. The molecule has 2 aromatic carbocycles. The summed E-state index contributed by atoms with van der Waals surface area (Å²) in [4.78, 5) is 0. The van der Waals surface area contributed by atoms with Gasteiger partial charge in [-0.2, -0.15) is 5.26 Å². The molecule has 0 aliphatic rings. The molecule has 0 aromatic heterocycles. The van der Waals surface area contributed by atoms with Gasteiger partial charge in [0.15, 0.2) is 0 Å². The SMILES string of the molecule is CC(C)(O)C(C)(C)O[B]c1ccc2cc(C#N)ccc2c1. The fraction of sp³-hybridized carbons (Fsp3) is 0.353. The molecule has 0 saturated heterocycles. The lowest BCUT2D eigenvalue weighted by atomic mass is 9.82. The first-order valence-corrected chi connectivity index (χ1v) is 6.90. The average molecular weight is 280 g/mol. The van der Waals surface area contributed by atoms with Gasteiger partial charge in [-0.25, -0.2) is 0 Å². The molecule has 3 nitrogen and oxygen atoms in total. The standard InChI is InChI=1S/C17H19BNO2/c1-16(2,20)17(3,4)21-18-15-8-7-13-9-12(11-19)5-6-14(13)10-15/h5-10,20H,1-4H3. The van der Waals surface area contributed by atoms with E-state index >= 15 is 0 Å². The lowest BCUT2D eigenvalue weighted by Crippen LogP contribution is -2.49. The van der Waals surface area contributed by atoms with Crippen molar-refractivity contribution in [2.75, 3.05) is 0 Å². The van der Waals surface area contributed by atoms with Gasteiger partial charge in [-0.1, -0.05) is 29.7 Å². The topological polar surface area (TPSA) is 53.2 Å². The quantitative estimate of drug-likeness (QED) is 0.875. The minimum Gasteiger partial charge on any atom is -0.427 e. The van der Waals surface area contributed by atoms with Crippen molar-refractivity contribution in [2.24, 2.45) is 0 Å². The van der Waals surface area contributed by atoms with Crippen molar-refractivity contribution in [1.29, 1.82) is 5.26 Å². The van der Waals surface area contributed by atoms with E-state index in [0.29, 0.717) is 5.56 Å². The summed E-state index contributed by atoms with van der Waals surface area (Å²) in [6.45, 7) is 7.16. The van der Waals surface area contributed by atoms with Crippen molar-refractivity contribution in [3.05, 3.63) is 42.0 Å². The van der Waals surface area contributed by atoms with Crippen LogP contribution in [-0.4, -0.2) is 23.8 Å². The van der Waals surface area contributed by atoms with Crippen molar-refractivity contribution in [2.45, 2.75) is 38.9 Å². The van der Waals surface area contributed by atoms with Gasteiger partial charge in [0, 0.05) is 0 Å². The molecule has 0 spiro atoms. The van der Waals surface area contributed by atoms with E-state index in [1.165, 1.54) is 0 Å². The molecule has 0 bridgehead atoms. The Morgan fingerprint density at radius 3 is 2.29 bits per heavy atom. The molecule has 107 valence electrons. The molecular formula is C17H19BNO2. The van der Waals surface area contributed by atoms with Crippen LogP contribution in [0.3, 0.4) is 0 Å². The maximum atomic E-state index is 10.1. The highest BCUT2D eigenvalue weighted by Crippen LogP contribution is 2.24. The molecular weight excluding hydrogens is 261 g/mol. The first-order chi connectivity index (χ1) is 9.73. The zero-order valence-corrected chi connectivity index (χ0v) is 12.8. The third-order valence-corrected chi connectivity index (χ3v) is 3.96. The van der Waals surface area contributed by atoms with Crippen molar-refractivity contribution in [1.82, 2.24) is 0 Å². The Morgan fingerprint density at radius 1 is 1.05 bits per heavy atom. The van der Waals surface area contributed by atoms with Gasteiger partial charge in [-0.3, -0.25) is 0 Å². The average Bonchev–Trinajstić information content (AvgIpc) is 2.43. The molecule has 2 aromatic rings. The number of nitrogens with zero attached hydrogens (tertiary/aromatic N) is 1. The highest BCUT2D eigenvalue weighted by Gasteiger charge is 2.35. The highest BCUT2D eigenvalue weighted by molar-refractivity contribution is 6.47. The van der Waals surface area contributed by atoms with Crippen LogP contribution in [0.1, 0.15) is 33.3 Å². The maximum Gasteiger partial charge on any atom is 0.330 e. The number of benzene rings is 2. The van der Waals surface area contributed by atoms with Gasteiger partial charge in [0.25, 0.3) is 0 Å². The third kappa shape index (κ3) is 3.44. The molecule has 0 amide bonds. The summed E-state index contributed by atoms with van der Waals surface area (Å²) in [5.41, 5.74) is -0.0579. The smallest absolute Gasteiger partial charge is 0.330 e. The van der Waals surface area contributed by atoms with Gasteiger partial charge in [-0.05, 0) is 50.6 Å². The molecule has 0 heterocycles. The van der Waals surface area contributed by atoms with Crippen LogP contribution in [0.25, 0.3) is 10.8 Å². The number of rotatable bonds is 4. The Hall–Kier alpha value is -1.83. The Bertz CT molecular complexity index is 696. The number of hydrogen-bond acceptors (Lipinski definition) is 3. The Balaban J connectivity index is 2.19. The van der Waals surface area contributed by atoms with Gasteiger partial charge < -0.3 is 9.76 Å². The van der Waals surface area contributed by atoms with E-state index in [9.17, 15) is 5.11 Å². The number of aliphatic hydroxyl groups is 1. The molecule has 4 heteroatoms. The Labute approximate surface area is 126 Å². The minimum absolute atomic E-state index is 0.652. The Kier molecular flexibility index (Phi) is 4.09. The largest absolute Gasteiger partial charge is 0.427 e. The van der Waals surface area contributed by atoms with Gasteiger partial charge >= 0.3 is 7.48 Å². The zero-order chi connectivity index (χ0) is 15.7. The maximum absolute atomic E-state index is 10.1. The lowest BCUT2D eigenvalue weighted by Gasteiger charge is -2.37. The summed E-state index contributed by atoms with van der Waals surface area (Å²) >= 11 is 0. The fourth-order valence-corrected chi connectivity index (χ4v) is 1.77. The van der Waals surface area contributed by atoms with Crippen molar-refractivity contribution >= 4 is 23.7 Å². The normalized spacial score (nSPS) is 12.2. The molecule has 21 heavy (non-hydrogen) atoms. The lowest BCUT2D eigenvalue weighted by molar-refractivity contribution is -0.0893. The van der Waals surface area contributed by atoms with Crippen LogP contribution in [0.5, 0.6) is 0 Å². The van der Waals surface area contributed by atoms with Crippen LogP contribution in [0.2, 0.25) is 0 Å². The number of hydrogen-bond donors (Lipinski definition) is 1. The van der Waals surface area contributed by atoms with Gasteiger partial charge in [-0.15, -0.1) is 0 Å². The Morgan fingerprint density at radius 2 is 1.67 bits per heavy atom. The van der Waals surface area contributed by atoms with E-state index in [0.717, 1.165) is 16.2 Å². The van der Waals surface area contributed by atoms with E-state index in [4.69, 9.17) is 9.92 Å². The van der Waals surface area contributed by atoms with Crippen molar-refractivity contribution in [3.63, 3.8) is 0 Å². The predicted octanol–water partition coefficient (Wildman–Crippen LogP) is 2.52. The van der Waals surface area contributed by atoms with Crippen LogP contribution < -0.4 is 5.46 Å². The summed E-state index contributed by atoms with van der Waals surface area (Å²) in [5, 5.41) is 21.0. The molecule has 0 atom stereocenters. The zero-order valence-electron chi connectivity index (χ0n) is 12.8. The molecule has 0 aliphatic carbocycles. The molecule has 2 rings (SSSR count). The second kappa shape index (κ2) is 5.52. The van der Waals surface area contributed by atoms with Crippen LogP contribution in [0, 0.1) is 11.3 Å². The number of fused-ring (bicyclic) bond motifs is 1. The van der Waals surface area contributed by atoms with E-state index in [-0.39, 0.29) is 0 Å². The first kappa shape index (κ1) is 15.6. The van der Waals surface area contributed by atoms with Crippen LogP contribution >= 0.6 is 0 Å². The van der Waals surface area contributed by atoms with Gasteiger partial charge in [0.1, 0.15) is 0 Å². The summed E-state index contributed by atoms with van der Waals surface area (Å²) in [5.74, 6) is 0. The monoisotopic (exact) mass is 280 g/mol. The summed E-state index contributed by atoms with van der Waals surface area (Å²) in [6.07, 6.45) is 0. The van der Waals surface area contributed by atoms with Gasteiger partial charge in [0.05, 0.1) is 22.8 Å². The van der Waals surface area contributed by atoms with Gasteiger partial charge in [0.2, 0.25) is 0 Å². The number of nitriles is 1. The molecule has 1 radical (unpaired) electrons. The highest BCUT2D eigenvalue weighted by atomic mass is 16.5. The fourth-order valence-electron chi connectivity index (χ4n) is 1.77. The second-order valence-corrected chi connectivity index (χ2v) is 6.24. The summed E-state index contributed by atoms with van der Waals surface area (Å²) in [7, 11) is 1.66. The second-order valence-electron chi connectivity index (χ2n) is 6.24. The van der Waals surface area contributed by atoms with E-state index in [1.54, 1.807) is 27.4 Å². The molecule has 0 unspecified atom stereocenters.